The number of anilines is 2. The van der Waals surface area contributed by atoms with Gasteiger partial charge in [-0.3, -0.25) is 9.71 Å². The Bertz CT molecular complexity index is 1590. The molecular formula is C27H25ClN4O3S2. The molecule has 5 rings (SSSR count). The van der Waals surface area contributed by atoms with Crippen molar-refractivity contribution >= 4 is 50.3 Å². The fourth-order valence-electron chi connectivity index (χ4n) is 4.55. The van der Waals surface area contributed by atoms with Crippen LogP contribution in [0.25, 0.3) is 11.3 Å². The van der Waals surface area contributed by atoms with Gasteiger partial charge in [0.25, 0.3) is 0 Å². The molecule has 2 atom stereocenters. The van der Waals surface area contributed by atoms with Crippen molar-refractivity contribution in [2.24, 2.45) is 0 Å². The highest BCUT2D eigenvalue weighted by molar-refractivity contribution is 7.92. The zero-order chi connectivity index (χ0) is 26.3. The number of nitrogens with one attached hydrogen (secondary N) is 2. The lowest BCUT2D eigenvalue weighted by atomic mass is 10.0. The van der Waals surface area contributed by atoms with Crippen LogP contribution in [0, 0.1) is 13.8 Å². The maximum absolute atomic E-state index is 11.8. The molecule has 1 fully saturated rings. The Balaban J connectivity index is 1.59. The molecule has 0 aliphatic carbocycles. The molecular weight excluding hydrogens is 528 g/mol. The number of aryl methyl sites for hydroxylation is 2. The fourth-order valence-corrected chi connectivity index (χ4v) is 5.70. The van der Waals surface area contributed by atoms with E-state index in [1.165, 1.54) is 0 Å². The second-order valence-corrected chi connectivity index (χ2v) is 11.6. The van der Waals surface area contributed by atoms with Gasteiger partial charge in [-0.05, 0) is 91.8 Å². The molecule has 2 N–H and O–H groups in total. The lowest BCUT2D eigenvalue weighted by molar-refractivity contribution is 0.439. The molecule has 1 saturated heterocycles. The second-order valence-electron chi connectivity index (χ2n) is 9.03. The Morgan fingerprint density at radius 2 is 1.86 bits per heavy atom. The number of sulfonamides is 1. The number of aromatic nitrogens is 1. The predicted octanol–water partition coefficient (Wildman–Crippen LogP) is 6.16. The van der Waals surface area contributed by atoms with Crippen LogP contribution in [0.1, 0.15) is 34.7 Å². The summed E-state index contributed by atoms with van der Waals surface area (Å²) in [5, 5.41) is 4.56. The van der Waals surface area contributed by atoms with Gasteiger partial charge >= 0.3 is 0 Å². The lowest BCUT2D eigenvalue weighted by Gasteiger charge is -2.27. The molecule has 0 spiro atoms. The maximum Gasteiger partial charge on any atom is 0.229 e. The molecule has 0 saturated carbocycles. The van der Waals surface area contributed by atoms with E-state index >= 15 is 0 Å². The summed E-state index contributed by atoms with van der Waals surface area (Å²) in [6.07, 6.45) is 2.88. The number of hydrogen-bond donors (Lipinski definition) is 2. The van der Waals surface area contributed by atoms with Gasteiger partial charge in [0.1, 0.15) is 17.6 Å². The van der Waals surface area contributed by atoms with Gasteiger partial charge in [0.05, 0.1) is 23.7 Å². The maximum atomic E-state index is 11.8. The van der Waals surface area contributed by atoms with Crippen molar-refractivity contribution in [3.8, 4) is 11.3 Å². The quantitative estimate of drug-likeness (QED) is 0.277. The van der Waals surface area contributed by atoms with Crippen molar-refractivity contribution in [1.82, 2.24) is 10.3 Å². The summed E-state index contributed by atoms with van der Waals surface area (Å²) in [6.45, 7) is 3.86. The van der Waals surface area contributed by atoms with E-state index in [-0.39, 0.29) is 12.1 Å². The van der Waals surface area contributed by atoms with Gasteiger partial charge < -0.3 is 14.6 Å². The van der Waals surface area contributed by atoms with Gasteiger partial charge in [-0.25, -0.2) is 8.42 Å². The third-order valence-corrected chi connectivity index (χ3v) is 7.41. The number of nitrogens with zero attached hydrogens (tertiary/aromatic N) is 2. The fraction of sp³-hybridized carbons (Fsp3) is 0.185. The van der Waals surface area contributed by atoms with Crippen molar-refractivity contribution in [3.05, 3.63) is 101 Å². The topological polar surface area (TPSA) is 87.5 Å². The third kappa shape index (κ3) is 5.20. The van der Waals surface area contributed by atoms with Crippen LogP contribution in [0.3, 0.4) is 0 Å². The van der Waals surface area contributed by atoms with Gasteiger partial charge in [0.2, 0.25) is 10.0 Å². The Kier molecular flexibility index (Phi) is 6.70. The number of halogens is 1. The monoisotopic (exact) mass is 552 g/mol. The second kappa shape index (κ2) is 9.81. The highest BCUT2D eigenvalue weighted by Gasteiger charge is 2.42. The Morgan fingerprint density at radius 1 is 1.05 bits per heavy atom. The molecule has 37 heavy (non-hydrogen) atoms. The lowest BCUT2D eigenvalue weighted by Crippen LogP contribution is -2.29. The number of thiocarbonyl (C=S) groups is 1. The SMILES string of the molecule is Cc1cc(N2C(=S)N[C@H](c3ccccn3)[C@@H]2c2ccc(-c3cc(Cl)ccc3C)o2)ccc1NS(C)(=O)=O. The predicted molar refractivity (Wildman–Crippen MR) is 151 cm³/mol. The summed E-state index contributed by atoms with van der Waals surface area (Å²) < 4.78 is 32.5. The van der Waals surface area contributed by atoms with Crippen LogP contribution >= 0.6 is 23.8 Å². The highest BCUT2D eigenvalue weighted by atomic mass is 35.5. The van der Waals surface area contributed by atoms with Crippen LogP contribution < -0.4 is 14.9 Å². The van der Waals surface area contributed by atoms with Crippen LogP contribution in [-0.2, 0) is 10.0 Å². The summed E-state index contributed by atoms with van der Waals surface area (Å²) in [7, 11) is -3.41. The van der Waals surface area contributed by atoms with Crippen LogP contribution in [0.15, 0.2) is 77.3 Å². The first kappa shape index (κ1) is 25.3. The smallest absolute Gasteiger partial charge is 0.229 e. The molecule has 2 aromatic carbocycles. The number of pyridine rings is 1. The summed E-state index contributed by atoms with van der Waals surface area (Å²) in [6, 6.07) is 20.2. The van der Waals surface area contributed by atoms with Crippen LogP contribution in [0.4, 0.5) is 11.4 Å². The van der Waals surface area contributed by atoms with Gasteiger partial charge in [-0.2, -0.15) is 0 Å². The Hall–Kier alpha value is -3.40. The first-order chi connectivity index (χ1) is 17.6. The number of benzene rings is 2. The van der Waals surface area contributed by atoms with Crippen LogP contribution in [0.2, 0.25) is 5.02 Å². The summed E-state index contributed by atoms with van der Waals surface area (Å²) in [5.41, 5.74) is 4.86. The van der Waals surface area contributed by atoms with Crippen molar-refractivity contribution in [3.63, 3.8) is 0 Å². The largest absolute Gasteiger partial charge is 0.459 e. The molecule has 3 heterocycles. The van der Waals surface area contributed by atoms with Gasteiger partial charge in [-0.15, -0.1) is 0 Å². The van der Waals surface area contributed by atoms with E-state index in [2.05, 4.69) is 15.0 Å². The van der Waals surface area contributed by atoms with E-state index in [4.69, 9.17) is 28.2 Å². The van der Waals surface area contributed by atoms with E-state index in [0.717, 1.165) is 34.3 Å². The molecule has 4 aromatic rings. The standard InChI is InChI=1S/C27H25ClN4O3S2/c1-16-7-8-18(28)15-20(16)23-11-12-24(35-23)26-25(22-6-4-5-13-29-22)30-27(36)32(26)19-9-10-21(17(2)14-19)31-37(3,33)34/h4-15,25-26,31H,1-3H3,(H,30,36)/t25-,26+/m1/s1. The average Bonchev–Trinajstić information content (AvgIpc) is 3.46. The van der Waals surface area contributed by atoms with Gasteiger partial charge in [-0.1, -0.05) is 23.7 Å². The van der Waals surface area contributed by atoms with Gasteiger partial charge in [0, 0.05) is 22.5 Å². The van der Waals surface area contributed by atoms with Crippen molar-refractivity contribution in [2.45, 2.75) is 25.9 Å². The molecule has 1 aliphatic rings. The molecule has 0 amide bonds. The minimum atomic E-state index is -3.41. The highest BCUT2D eigenvalue weighted by Crippen LogP contribution is 2.43. The molecule has 0 bridgehead atoms. The normalized spacial score (nSPS) is 17.6. The summed E-state index contributed by atoms with van der Waals surface area (Å²) in [5.74, 6) is 1.41. The first-order valence-electron chi connectivity index (χ1n) is 11.6. The van der Waals surface area contributed by atoms with Crippen molar-refractivity contribution in [2.75, 3.05) is 15.9 Å². The molecule has 1 aliphatic heterocycles. The Morgan fingerprint density at radius 3 is 2.57 bits per heavy atom. The minimum Gasteiger partial charge on any atom is -0.459 e. The zero-order valence-corrected chi connectivity index (χ0v) is 22.8. The van der Waals surface area contributed by atoms with E-state index in [1.807, 2.05) is 79.4 Å². The van der Waals surface area contributed by atoms with Crippen molar-refractivity contribution in [1.29, 1.82) is 0 Å². The molecule has 0 unspecified atom stereocenters. The first-order valence-corrected chi connectivity index (χ1v) is 14.2. The Labute approximate surface area is 226 Å². The van der Waals surface area contributed by atoms with E-state index in [9.17, 15) is 8.42 Å². The number of rotatable bonds is 6. The molecule has 7 nitrogen and oxygen atoms in total. The third-order valence-electron chi connectivity index (χ3n) is 6.26. The molecule has 0 radical (unpaired) electrons. The molecule has 2 aromatic heterocycles. The summed E-state index contributed by atoms with van der Waals surface area (Å²) in [4.78, 5) is 6.56. The van der Waals surface area contributed by atoms with E-state index in [1.54, 1.807) is 12.3 Å². The van der Waals surface area contributed by atoms with Crippen LogP contribution in [-0.4, -0.2) is 24.8 Å². The van der Waals surface area contributed by atoms with Crippen LogP contribution in [0.5, 0.6) is 0 Å². The number of furan rings is 1. The van der Waals surface area contributed by atoms with Crippen molar-refractivity contribution < 1.29 is 12.8 Å². The zero-order valence-electron chi connectivity index (χ0n) is 20.4. The summed E-state index contributed by atoms with van der Waals surface area (Å²) >= 11 is 12.1. The average molecular weight is 553 g/mol. The minimum absolute atomic E-state index is 0.276. The number of hydrogen-bond acceptors (Lipinski definition) is 5. The molecule has 10 heteroatoms. The van der Waals surface area contributed by atoms with E-state index in [0.29, 0.717) is 27.3 Å². The van der Waals surface area contributed by atoms with Gasteiger partial charge in [0.15, 0.2) is 5.11 Å². The van der Waals surface area contributed by atoms with E-state index < -0.39 is 10.0 Å². The molecule has 190 valence electrons.